The predicted molar refractivity (Wildman–Crippen MR) is 93.2 cm³/mol. The Morgan fingerprint density at radius 1 is 1.33 bits per heavy atom. The predicted octanol–water partition coefficient (Wildman–Crippen LogP) is 2.13. The Morgan fingerprint density at radius 2 is 2.04 bits per heavy atom. The molecule has 1 aromatic carbocycles. The van der Waals surface area contributed by atoms with Gasteiger partial charge in [0.1, 0.15) is 16.5 Å². The van der Waals surface area contributed by atoms with Gasteiger partial charge in [-0.1, -0.05) is 0 Å². The van der Waals surface area contributed by atoms with Crippen molar-refractivity contribution in [2.75, 3.05) is 18.6 Å². The van der Waals surface area contributed by atoms with Crippen molar-refractivity contribution in [3.63, 3.8) is 0 Å². The van der Waals surface area contributed by atoms with E-state index in [2.05, 4.69) is 10.3 Å². The zero-order valence-corrected chi connectivity index (χ0v) is 15.0. The van der Waals surface area contributed by atoms with E-state index in [4.69, 9.17) is 4.74 Å². The van der Waals surface area contributed by atoms with E-state index in [0.717, 1.165) is 16.3 Å². The van der Waals surface area contributed by atoms with Gasteiger partial charge in [-0.2, -0.15) is 0 Å². The van der Waals surface area contributed by atoms with Gasteiger partial charge in [0.25, 0.3) is 5.91 Å². The molecule has 3 rings (SSSR count). The first-order chi connectivity index (χ1) is 11.3. The first-order valence-electron chi connectivity index (χ1n) is 7.43. The van der Waals surface area contributed by atoms with Crippen LogP contribution in [0.1, 0.15) is 23.8 Å². The number of sulfone groups is 1. The average molecular weight is 366 g/mol. The number of nitrogens with one attached hydrogen (secondary N) is 1. The van der Waals surface area contributed by atoms with Gasteiger partial charge in [0.15, 0.2) is 9.84 Å². The minimum atomic E-state index is -3.07. The summed E-state index contributed by atoms with van der Waals surface area (Å²) in [6, 6.07) is 7.43. The van der Waals surface area contributed by atoms with Crippen molar-refractivity contribution in [3.8, 4) is 16.3 Å². The van der Waals surface area contributed by atoms with Gasteiger partial charge < -0.3 is 10.1 Å². The first kappa shape index (κ1) is 16.9. The largest absolute Gasteiger partial charge is 0.497 e. The summed E-state index contributed by atoms with van der Waals surface area (Å²) in [7, 11) is -1.47. The van der Waals surface area contributed by atoms with Crippen LogP contribution in [0.25, 0.3) is 10.6 Å². The molecule has 1 saturated heterocycles. The van der Waals surface area contributed by atoms with E-state index in [9.17, 15) is 13.2 Å². The van der Waals surface area contributed by atoms with Gasteiger partial charge in [-0.05, 0) is 37.6 Å². The number of aromatic nitrogens is 1. The van der Waals surface area contributed by atoms with Crippen LogP contribution in [0, 0.1) is 0 Å². The molecule has 8 heteroatoms. The summed E-state index contributed by atoms with van der Waals surface area (Å²) in [5.41, 5.74) is 0.477. The third-order valence-corrected chi connectivity index (χ3v) is 6.79. The summed E-state index contributed by atoms with van der Waals surface area (Å²) in [6.07, 6.45) is 0.427. The molecule has 24 heavy (non-hydrogen) atoms. The SMILES string of the molecule is COc1ccc(-c2nc(C(=O)N[C@]3(C)CCS(=O)(=O)C3)cs2)cc1. The molecule has 2 heterocycles. The second-order valence-corrected chi connectivity index (χ2v) is 9.17. The van der Waals surface area contributed by atoms with Crippen molar-refractivity contribution >= 4 is 27.1 Å². The number of hydrogen-bond acceptors (Lipinski definition) is 6. The van der Waals surface area contributed by atoms with E-state index < -0.39 is 15.4 Å². The lowest BCUT2D eigenvalue weighted by Gasteiger charge is -2.23. The molecule has 6 nitrogen and oxygen atoms in total. The molecule has 0 saturated carbocycles. The number of amides is 1. The van der Waals surface area contributed by atoms with Crippen molar-refractivity contribution in [2.45, 2.75) is 18.9 Å². The fraction of sp³-hybridized carbons (Fsp3) is 0.375. The molecular weight excluding hydrogens is 348 g/mol. The maximum absolute atomic E-state index is 12.4. The smallest absolute Gasteiger partial charge is 0.271 e. The Bertz CT molecular complexity index is 858. The average Bonchev–Trinajstić information content (AvgIpc) is 3.12. The van der Waals surface area contributed by atoms with Crippen LogP contribution in [0.2, 0.25) is 0 Å². The zero-order chi connectivity index (χ0) is 17.4. The highest BCUT2D eigenvalue weighted by Gasteiger charge is 2.39. The molecule has 128 valence electrons. The molecule has 1 N–H and O–H groups in total. The summed E-state index contributed by atoms with van der Waals surface area (Å²) >= 11 is 1.37. The van der Waals surface area contributed by atoms with Crippen LogP contribution in [-0.2, 0) is 9.84 Å². The van der Waals surface area contributed by atoms with Crippen molar-refractivity contribution in [2.24, 2.45) is 0 Å². The number of methoxy groups -OCH3 is 1. The fourth-order valence-corrected chi connectivity index (χ4v) is 5.59. The molecule has 2 aromatic rings. The topological polar surface area (TPSA) is 85.4 Å². The maximum Gasteiger partial charge on any atom is 0.271 e. The lowest BCUT2D eigenvalue weighted by Crippen LogP contribution is -2.47. The van der Waals surface area contributed by atoms with Crippen molar-refractivity contribution < 1.29 is 17.9 Å². The van der Waals surface area contributed by atoms with E-state index in [1.165, 1.54) is 11.3 Å². The number of ether oxygens (including phenoxy) is 1. The van der Waals surface area contributed by atoms with Crippen LogP contribution in [0.15, 0.2) is 29.6 Å². The summed E-state index contributed by atoms with van der Waals surface area (Å²) in [5, 5.41) is 5.23. The van der Waals surface area contributed by atoms with Crippen LogP contribution in [0.5, 0.6) is 5.75 Å². The van der Waals surface area contributed by atoms with Crippen LogP contribution >= 0.6 is 11.3 Å². The molecule has 0 radical (unpaired) electrons. The molecule has 0 unspecified atom stereocenters. The molecule has 1 fully saturated rings. The highest BCUT2D eigenvalue weighted by Crippen LogP contribution is 2.27. The Kier molecular flexibility index (Phi) is 4.35. The van der Waals surface area contributed by atoms with E-state index in [1.807, 2.05) is 24.3 Å². The molecule has 1 aliphatic heterocycles. The van der Waals surface area contributed by atoms with E-state index in [-0.39, 0.29) is 17.4 Å². The van der Waals surface area contributed by atoms with Gasteiger partial charge in [0.05, 0.1) is 24.2 Å². The van der Waals surface area contributed by atoms with Crippen molar-refractivity contribution in [1.82, 2.24) is 10.3 Å². The number of benzene rings is 1. The van der Waals surface area contributed by atoms with Crippen molar-refractivity contribution in [3.05, 3.63) is 35.3 Å². The van der Waals surface area contributed by atoms with Crippen LogP contribution < -0.4 is 10.1 Å². The highest BCUT2D eigenvalue weighted by molar-refractivity contribution is 7.91. The standard InChI is InChI=1S/C16H18N2O4S2/c1-16(7-8-24(20,21)10-16)18-14(19)13-9-23-15(17-13)11-3-5-12(22-2)6-4-11/h3-6,9H,7-8,10H2,1-2H3,(H,18,19)/t16-/m1/s1. The molecule has 1 amide bonds. The monoisotopic (exact) mass is 366 g/mol. The van der Waals surface area contributed by atoms with Gasteiger partial charge in [-0.25, -0.2) is 13.4 Å². The Morgan fingerprint density at radius 3 is 2.62 bits per heavy atom. The Labute approximate surface area is 144 Å². The van der Waals surface area contributed by atoms with E-state index in [0.29, 0.717) is 12.1 Å². The molecule has 1 atom stereocenters. The number of hydrogen-bond donors (Lipinski definition) is 1. The van der Waals surface area contributed by atoms with Gasteiger partial charge in [-0.3, -0.25) is 4.79 Å². The van der Waals surface area contributed by atoms with Gasteiger partial charge >= 0.3 is 0 Å². The fourth-order valence-electron chi connectivity index (χ4n) is 2.69. The normalized spacial score (nSPS) is 22.2. The summed E-state index contributed by atoms with van der Waals surface area (Å²) in [6.45, 7) is 1.76. The van der Waals surface area contributed by atoms with E-state index in [1.54, 1.807) is 19.4 Å². The maximum atomic E-state index is 12.4. The molecule has 0 spiro atoms. The van der Waals surface area contributed by atoms with Crippen LogP contribution in [0.3, 0.4) is 0 Å². The Hall–Kier alpha value is -1.93. The summed E-state index contributed by atoms with van der Waals surface area (Å²) < 4.78 is 28.4. The van der Waals surface area contributed by atoms with Gasteiger partial charge in [-0.15, -0.1) is 11.3 Å². The Balaban J connectivity index is 1.74. The molecule has 1 aromatic heterocycles. The third kappa shape index (κ3) is 3.59. The minimum absolute atomic E-state index is 0.0266. The van der Waals surface area contributed by atoms with Crippen LogP contribution in [-0.4, -0.2) is 43.5 Å². The number of nitrogens with zero attached hydrogens (tertiary/aromatic N) is 1. The minimum Gasteiger partial charge on any atom is -0.497 e. The zero-order valence-electron chi connectivity index (χ0n) is 13.4. The van der Waals surface area contributed by atoms with Gasteiger partial charge in [0.2, 0.25) is 0 Å². The molecule has 0 aliphatic carbocycles. The lowest BCUT2D eigenvalue weighted by molar-refractivity contribution is 0.0911. The number of rotatable bonds is 4. The van der Waals surface area contributed by atoms with Crippen molar-refractivity contribution in [1.29, 1.82) is 0 Å². The lowest BCUT2D eigenvalue weighted by atomic mass is 10.0. The molecule has 1 aliphatic rings. The highest BCUT2D eigenvalue weighted by atomic mass is 32.2. The van der Waals surface area contributed by atoms with Gasteiger partial charge in [0, 0.05) is 10.9 Å². The molecule has 0 bridgehead atoms. The third-order valence-electron chi connectivity index (χ3n) is 3.99. The number of thiazole rings is 1. The summed E-state index contributed by atoms with van der Waals surface area (Å²) in [5.74, 6) is 0.494. The molecular formula is C16H18N2O4S2. The second kappa shape index (κ2) is 6.18. The quantitative estimate of drug-likeness (QED) is 0.896. The first-order valence-corrected chi connectivity index (χ1v) is 10.1. The second-order valence-electron chi connectivity index (χ2n) is 6.12. The number of carbonyl (C=O) groups excluding carboxylic acids is 1. The van der Waals surface area contributed by atoms with Crippen LogP contribution in [0.4, 0.5) is 0 Å². The van der Waals surface area contributed by atoms with E-state index >= 15 is 0 Å². The number of carbonyl (C=O) groups is 1. The summed E-state index contributed by atoms with van der Waals surface area (Å²) in [4.78, 5) is 16.7.